The van der Waals surface area contributed by atoms with Gasteiger partial charge >= 0.3 is 6.18 Å². The summed E-state index contributed by atoms with van der Waals surface area (Å²) in [5.41, 5.74) is 0.938. The standard InChI is InChI=1S/C17H15F3N4O/c1-8-4-13(8)24-7-12-16(23-24)22-11(6-21-12)15-9(2)3-10(5-14(15)25)17(18,19)20/h3,5-8,13,25H,4H2,1-2H3/t8-,13-/m1/s1. The van der Waals surface area contributed by atoms with Crippen LogP contribution in [0.15, 0.2) is 24.5 Å². The Hall–Kier alpha value is -2.64. The number of hydrogen-bond acceptors (Lipinski definition) is 4. The van der Waals surface area contributed by atoms with Crippen molar-refractivity contribution in [1.29, 1.82) is 0 Å². The number of hydrogen-bond donors (Lipinski definition) is 1. The molecule has 2 heterocycles. The van der Waals surface area contributed by atoms with Crippen molar-refractivity contribution in [3.8, 4) is 17.0 Å². The highest BCUT2D eigenvalue weighted by atomic mass is 19.4. The molecule has 2 aromatic heterocycles. The molecule has 3 aromatic rings. The Morgan fingerprint density at radius 3 is 2.60 bits per heavy atom. The monoisotopic (exact) mass is 348 g/mol. The lowest BCUT2D eigenvalue weighted by Crippen LogP contribution is -2.05. The van der Waals surface area contributed by atoms with Crippen molar-refractivity contribution in [3.05, 3.63) is 35.7 Å². The maximum absolute atomic E-state index is 12.9. The lowest BCUT2D eigenvalue weighted by Gasteiger charge is -2.12. The lowest BCUT2D eigenvalue weighted by molar-refractivity contribution is -0.137. The molecule has 25 heavy (non-hydrogen) atoms. The Kier molecular flexibility index (Phi) is 3.28. The van der Waals surface area contributed by atoms with Gasteiger partial charge in [-0.2, -0.15) is 18.3 Å². The van der Waals surface area contributed by atoms with E-state index in [0.29, 0.717) is 34.9 Å². The molecule has 1 fully saturated rings. The fourth-order valence-corrected chi connectivity index (χ4v) is 3.04. The van der Waals surface area contributed by atoms with Crippen LogP contribution in [0.3, 0.4) is 0 Å². The molecule has 8 heteroatoms. The Labute approximate surface area is 141 Å². The van der Waals surface area contributed by atoms with Gasteiger partial charge in [0.15, 0.2) is 5.65 Å². The first-order valence-electron chi connectivity index (χ1n) is 7.87. The number of aromatic hydroxyl groups is 1. The summed E-state index contributed by atoms with van der Waals surface area (Å²) in [6, 6.07) is 2.05. The molecule has 1 aromatic carbocycles. The summed E-state index contributed by atoms with van der Waals surface area (Å²) in [4.78, 5) is 8.67. The van der Waals surface area contributed by atoms with Gasteiger partial charge in [0.05, 0.1) is 29.7 Å². The van der Waals surface area contributed by atoms with E-state index in [1.165, 1.54) is 13.1 Å². The van der Waals surface area contributed by atoms with Crippen LogP contribution < -0.4 is 0 Å². The van der Waals surface area contributed by atoms with E-state index in [2.05, 4.69) is 22.0 Å². The van der Waals surface area contributed by atoms with Crippen molar-refractivity contribution in [2.75, 3.05) is 0 Å². The van der Waals surface area contributed by atoms with Crippen molar-refractivity contribution < 1.29 is 18.3 Å². The molecule has 1 N–H and O–H groups in total. The number of alkyl halides is 3. The summed E-state index contributed by atoms with van der Waals surface area (Å²) < 4.78 is 40.4. The van der Waals surface area contributed by atoms with E-state index in [-0.39, 0.29) is 11.1 Å². The van der Waals surface area contributed by atoms with Crippen LogP contribution >= 0.6 is 0 Å². The van der Waals surface area contributed by atoms with E-state index in [1.54, 1.807) is 0 Å². The van der Waals surface area contributed by atoms with Crippen LogP contribution in [-0.2, 0) is 6.18 Å². The van der Waals surface area contributed by atoms with Crippen LogP contribution in [0.4, 0.5) is 13.2 Å². The van der Waals surface area contributed by atoms with Gasteiger partial charge in [0.1, 0.15) is 11.3 Å². The summed E-state index contributed by atoms with van der Waals surface area (Å²) in [7, 11) is 0. The van der Waals surface area contributed by atoms with Gasteiger partial charge in [-0.15, -0.1) is 0 Å². The topological polar surface area (TPSA) is 63.8 Å². The highest BCUT2D eigenvalue weighted by molar-refractivity contribution is 5.77. The molecule has 0 spiro atoms. The minimum Gasteiger partial charge on any atom is -0.507 e. The third kappa shape index (κ3) is 2.71. The summed E-state index contributed by atoms with van der Waals surface area (Å²) >= 11 is 0. The first-order valence-corrected chi connectivity index (χ1v) is 7.87. The Balaban J connectivity index is 1.79. The fourth-order valence-electron chi connectivity index (χ4n) is 3.04. The molecule has 5 nitrogen and oxygen atoms in total. The zero-order chi connectivity index (χ0) is 17.9. The SMILES string of the molecule is Cc1cc(C(F)(F)F)cc(O)c1-c1cnc2cn([C@@H]3C[C@H]3C)nc2n1. The smallest absolute Gasteiger partial charge is 0.416 e. The number of benzene rings is 1. The number of halogens is 3. The molecule has 0 saturated heterocycles. The van der Waals surface area contributed by atoms with Crippen LogP contribution in [0, 0.1) is 12.8 Å². The molecule has 2 atom stereocenters. The van der Waals surface area contributed by atoms with Crippen molar-refractivity contribution >= 4 is 11.2 Å². The zero-order valence-corrected chi connectivity index (χ0v) is 13.5. The normalized spacial score (nSPS) is 20.2. The lowest BCUT2D eigenvalue weighted by atomic mass is 10.0. The van der Waals surface area contributed by atoms with E-state index in [1.807, 2.05) is 10.9 Å². The number of aryl methyl sites for hydroxylation is 1. The van der Waals surface area contributed by atoms with E-state index in [0.717, 1.165) is 12.5 Å². The first kappa shape index (κ1) is 15.9. The van der Waals surface area contributed by atoms with Crippen LogP contribution in [-0.4, -0.2) is 24.9 Å². The van der Waals surface area contributed by atoms with Gasteiger partial charge in [0.2, 0.25) is 0 Å². The quantitative estimate of drug-likeness (QED) is 0.757. The first-order chi connectivity index (χ1) is 11.7. The third-order valence-electron chi connectivity index (χ3n) is 4.55. The average Bonchev–Trinajstić information content (AvgIpc) is 3.09. The molecule has 0 bridgehead atoms. The molecule has 1 saturated carbocycles. The average molecular weight is 348 g/mol. The highest BCUT2D eigenvalue weighted by Gasteiger charge is 2.35. The molecule has 1 aliphatic carbocycles. The Morgan fingerprint density at radius 2 is 2.00 bits per heavy atom. The summed E-state index contributed by atoms with van der Waals surface area (Å²) in [5.74, 6) is 0.0891. The molecular formula is C17H15F3N4O. The Bertz CT molecular complexity index is 957. The number of aromatic nitrogens is 4. The molecule has 0 aliphatic heterocycles. The molecule has 130 valence electrons. The van der Waals surface area contributed by atoms with Crippen LogP contribution in [0.2, 0.25) is 0 Å². The van der Waals surface area contributed by atoms with E-state index in [9.17, 15) is 18.3 Å². The number of nitrogens with zero attached hydrogens (tertiary/aromatic N) is 4. The minimum absolute atomic E-state index is 0.233. The second kappa shape index (κ2) is 5.18. The van der Waals surface area contributed by atoms with Gasteiger partial charge < -0.3 is 5.11 Å². The van der Waals surface area contributed by atoms with Gasteiger partial charge in [-0.05, 0) is 37.0 Å². The summed E-state index contributed by atoms with van der Waals surface area (Å²) in [5, 5.41) is 14.5. The van der Waals surface area contributed by atoms with Crippen molar-refractivity contribution in [2.24, 2.45) is 5.92 Å². The molecule has 0 amide bonds. The van der Waals surface area contributed by atoms with Crippen molar-refractivity contribution in [1.82, 2.24) is 19.7 Å². The van der Waals surface area contributed by atoms with E-state index >= 15 is 0 Å². The second-order valence-corrected chi connectivity index (χ2v) is 6.54. The Morgan fingerprint density at radius 1 is 1.28 bits per heavy atom. The van der Waals surface area contributed by atoms with Crippen LogP contribution in [0.1, 0.15) is 30.5 Å². The summed E-state index contributed by atoms with van der Waals surface area (Å²) in [6.45, 7) is 3.63. The maximum Gasteiger partial charge on any atom is 0.416 e. The highest BCUT2D eigenvalue weighted by Crippen LogP contribution is 2.42. The molecular weight excluding hydrogens is 333 g/mol. The minimum atomic E-state index is -4.52. The van der Waals surface area contributed by atoms with Gasteiger partial charge in [-0.3, -0.25) is 4.68 Å². The zero-order valence-electron chi connectivity index (χ0n) is 13.5. The number of rotatable bonds is 2. The molecule has 4 rings (SSSR count). The number of phenolic OH excluding ortho intramolecular Hbond substituents is 1. The van der Waals surface area contributed by atoms with Gasteiger partial charge in [-0.25, -0.2) is 9.97 Å². The van der Waals surface area contributed by atoms with Gasteiger partial charge in [0, 0.05) is 5.56 Å². The van der Waals surface area contributed by atoms with E-state index in [4.69, 9.17) is 0 Å². The fraction of sp³-hybridized carbons (Fsp3) is 0.353. The third-order valence-corrected chi connectivity index (χ3v) is 4.55. The number of phenols is 1. The number of fused-ring (bicyclic) bond motifs is 1. The van der Waals surface area contributed by atoms with Crippen LogP contribution in [0.5, 0.6) is 5.75 Å². The van der Waals surface area contributed by atoms with Crippen molar-refractivity contribution in [2.45, 2.75) is 32.5 Å². The van der Waals surface area contributed by atoms with Gasteiger partial charge in [-0.1, -0.05) is 6.92 Å². The molecule has 0 unspecified atom stereocenters. The largest absolute Gasteiger partial charge is 0.507 e. The van der Waals surface area contributed by atoms with Gasteiger partial charge in [0.25, 0.3) is 0 Å². The van der Waals surface area contributed by atoms with Crippen LogP contribution in [0.25, 0.3) is 22.4 Å². The second-order valence-electron chi connectivity index (χ2n) is 6.54. The van der Waals surface area contributed by atoms with E-state index < -0.39 is 17.5 Å². The predicted molar refractivity (Wildman–Crippen MR) is 85.0 cm³/mol. The predicted octanol–water partition coefficient (Wildman–Crippen LogP) is 4.11. The maximum atomic E-state index is 12.9. The van der Waals surface area contributed by atoms with Crippen molar-refractivity contribution in [3.63, 3.8) is 0 Å². The molecule has 1 aliphatic rings. The molecule has 0 radical (unpaired) electrons. The summed E-state index contributed by atoms with van der Waals surface area (Å²) in [6.07, 6.45) is -0.199.